The van der Waals surface area contributed by atoms with Crippen LogP contribution in [-0.2, 0) is 28.5 Å². The van der Waals surface area contributed by atoms with E-state index in [0.29, 0.717) is 63.1 Å². The molecule has 0 saturated carbocycles. The van der Waals surface area contributed by atoms with E-state index in [1.165, 1.54) is 19.2 Å². The fourth-order valence-electron chi connectivity index (χ4n) is 6.30. The molecule has 2 atom stereocenters. The normalized spacial score (nSPS) is 20.7. The molecule has 2 aromatic rings. The first-order valence-corrected chi connectivity index (χ1v) is 14.0. The van der Waals surface area contributed by atoms with Gasteiger partial charge in [0.2, 0.25) is 11.8 Å². The number of likely N-dealkylation sites (tertiary alicyclic amines) is 2. The molecule has 2 amide bonds. The molecule has 0 aromatic heterocycles. The Morgan fingerprint density at radius 2 is 1.53 bits per heavy atom. The minimum absolute atomic E-state index is 0.0541. The average Bonchev–Trinajstić information content (AvgIpc) is 2.95. The summed E-state index contributed by atoms with van der Waals surface area (Å²) in [5.74, 6) is -2.26. The number of hydrogen-bond donors (Lipinski definition) is 1. The van der Waals surface area contributed by atoms with Crippen molar-refractivity contribution < 1.29 is 45.4 Å². The van der Waals surface area contributed by atoms with Crippen LogP contribution in [0.5, 0.6) is 0 Å². The number of carbonyl (C=O) groups is 2. The third-order valence-corrected chi connectivity index (χ3v) is 8.51. The van der Waals surface area contributed by atoms with Crippen molar-refractivity contribution in [3.8, 4) is 0 Å². The highest BCUT2D eigenvalue weighted by Gasteiger charge is 2.41. The van der Waals surface area contributed by atoms with Crippen LogP contribution < -0.4 is 0 Å². The Balaban J connectivity index is 1.57. The summed E-state index contributed by atoms with van der Waals surface area (Å²) in [6, 6.07) is 5.68. The van der Waals surface area contributed by atoms with Crippen LogP contribution in [0.15, 0.2) is 36.4 Å². The van der Waals surface area contributed by atoms with Gasteiger partial charge in [0.05, 0.1) is 11.1 Å². The van der Waals surface area contributed by atoms with Crippen LogP contribution >= 0.6 is 0 Å². The fourth-order valence-corrected chi connectivity index (χ4v) is 6.30. The highest BCUT2D eigenvalue weighted by Crippen LogP contribution is 2.39. The van der Waals surface area contributed by atoms with Crippen molar-refractivity contribution in [2.75, 3.05) is 39.8 Å². The first-order valence-electron chi connectivity index (χ1n) is 14.0. The largest absolute Gasteiger partial charge is 0.416 e. The molecule has 13 heteroatoms. The summed E-state index contributed by atoms with van der Waals surface area (Å²) in [4.78, 5) is 30.6. The molecular formula is C30H34F7N3O3. The summed E-state index contributed by atoms with van der Waals surface area (Å²) in [7, 11) is 1.35. The zero-order valence-corrected chi connectivity index (χ0v) is 23.8. The molecule has 236 valence electrons. The number of aliphatic hydroxyl groups is 1. The van der Waals surface area contributed by atoms with Gasteiger partial charge in [-0.2, -0.15) is 26.3 Å². The van der Waals surface area contributed by atoms with Crippen molar-refractivity contribution in [3.05, 3.63) is 70.0 Å². The van der Waals surface area contributed by atoms with E-state index in [1.807, 2.05) is 0 Å². The fraction of sp³-hybridized carbons (Fsp3) is 0.533. The first-order chi connectivity index (χ1) is 20.1. The van der Waals surface area contributed by atoms with Gasteiger partial charge in [-0.3, -0.25) is 14.5 Å². The molecule has 2 aliphatic rings. The molecule has 1 N–H and O–H groups in total. The summed E-state index contributed by atoms with van der Waals surface area (Å²) in [5.41, 5.74) is -1.82. The molecule has 2 aliphatic heterocycles. The third kappa shape index (κ3) is 7.67. The Labute approximate surface area is 245 Å². The minimum Gasteiger partial charge on any atom is -0.387 e. The number of aryl methyl sites for hydroxylation is 1. The Kier molecular flexibility index (Phi) is 9.75. The second kappa shape index (κ2) is 12.8. The monoisotopic (exact) mass is 617 g/mol. The van der Waals surface area contributed by atoms with E-state index < -0.39 is 60.2 Å². The van der Waals surface area contributed by atoms with Gasteiger partial charge in [0.25, 0.3) is 0 Å². The number of piperidine rings is 2. The second-order valence-corrected chi connectivity index (χ2v) is 11.4. The van der Waals surface area contributed by atoms with E-state index in [9.17, 15) is 40.3 Å². The van der Waals surface area contributed by atoms with E-state index in [0.717, 1.165) is 10.5 Å². The van der Waals surface area contributed by atoms with Crippen molar-refractivity contribution in [2.45, 2.75) is 57.0 Å². The number of aliphatic hydroxyl groups excluding tert-OH is 1. The zero-order chi connectivity index (χ0) is 31.7. The highest BCUT2D eigenvalue weighted by molar-refractivity contribution is 5.80. The number of hydrogen-bond acceptors (Lipinski definition) is 4. The van der Waals surface area contributed by atoms with Crippen LogP contribution in [0.1, 0.15) is 53.0 Å². The Bertz CT molecular complexity index is 1290. The number of rotatable bonds is 6. The van der Waals surface area contributed by atoms with Gasteiger partial charge in [-0.15, -0.1) is 0 Å². The molecule has 2 saturated heterocycles. The molecule has 0 aliphatic carbocycles. The van der Waals surface area contributed by atoms with Crippen LogP contribution in [0, 0.1) is 18.7 Å². The maximum atomic E-state index is 14.0. The average molecular weight is 618 g/mol. The van der Waals surface area contributed by atoms with E-state index in [4.69, 9.17) is 5.11 Å². The van der Waals surface area contributed by atoms with Crippen LogP contribution in [0.25, 0.3) is 0 Å². The van der Waals surface area contributed by atoms with E-state index in [-0.39, 0.29) is 23.6 Å². The summed E-state index contributed by atoms with van der Waals surface area (Å²) in [6.07, 6.45) is -8.31. The predicted octanol–water partition coefficient (Wildman–Crippen LogP) is 5.22. The molecule has 0 spiro atoms. The molecule has 43 heavy (non-hydrogen) atoms. The first kappa shape index (κ1) is 32.7. The topological polar surface area (TPSA) is 64.1 Å². The van der Waals surface area contributed by atoms with Crippen molar-refractivity contribution in [1.29, 1.82) is 0 Å². The van der Waals surface area contributed by atoms with Gasteiger partial charge in [0.1, 0.15) is 12.4 Å². The Morgan fingerprint density at radius 1 is 0.930 bits per heavy atom. The lowest BCUT2D eigenvalue weighted by Gasteiger charge is -2.45. The third-order valence-electron chi connectivity index (χ3n) is 8.51. The Hall–Kier alpha value is -3.19. The van der Waals surface area contributed by atoms with Gasteiger partial charge >= 0.3 is 12.4 Å². The van der Waals surface area contributed by atoms with Gasteiger partial charge in [-0.1, -0.05) is 6.07 Å². The number of nitrogens with zero attached hydrogens (tertiary/aromatic N) is 3. The van der Waals surface area contributed by atoms with E-state index >= 15 is 0 Å². The quantitative estimate of drug-likeness (QED) is 0.452. The van der Waals surface area contributed by atoms with E-state index in [2.05, 4.69) is 4.90 Å². The lowest BCUT2D eigenvalue weighted by Crippen LogP contribution is -2.52. The maximum absolute atomic E-state index is 14.0. The molecule has 0 bridgehead atoms. The summed E-state index contributed by atoms with van der Waals surface area (Å²) in [6.45, 7) is 2.60. The van der Waals surface area contributed by atoms with Crippen molar-refractivity contribution in [1.82, 2.24) is 14.7 Å². The van der Waals surface area contributed by atoms with Gasteiger partial charge in [-0.25, -0.2) is 4.39 Å². The SMILES string of the molecule is Cc1cc(F)ccc1[C@@H]1CN(C2CCN(C(=O)CO)CC2)CC[C@H]1C(=O)N(C)Cc1cc(C(F)(F)F)cc(C(F)(F)F)c1. The van der Waals surface area contributed by atoms with Gasteiger partial charge in [-0.05, 0) is 79.8 Å². The lowest BCUT2D eigenvalue weighted by atomic mass is 9.77. The standard InChI is InChI=1S/C30H34F7N3O3/c1-18-11-22(31)3-4-24(18)26-16-40(23-5-8-39(9-6-23)27(42)17-41)10-7-25(26)28(43)38(2)15-19-12-20(29(32,33)34)14-21(13-19)30(35,36)37/h3-4,11-14,23,25-26,41H,5-10,15-17H2,1-2H3/t25-,26+/m1/s1. The lowest BCUT2D eigenvalue weighted by molar-refractivity contribution is -0.143. The molecule has 0 unspecified atom stereocenters. The number of alkyl halides is 6. The van der Waals surface area contributed by atoms with Crippen LogP contribution in [0.4, 0.5) is 30.7 Å². The zero-order valence-electron chi connectivity index (χ0n) is 23.8. The Morgan fingerprint density at radius 3 is 2.07 bits per heavy atom. The van der Waals surface area contributed by atoms with E-state index in [1.54, 1.807) is 17.9 Å². The molecule has 2 heterocycles. The molecule has 4 rings (SSSR count). The highest BCUT2D eigenvalue weighted by atomic mass is 19.4. The van der Waals surface area contributed by atoms with Gasteiger partial charge < -0.3 is 14.9 Å². The molecule has 0 radical (unpaired) electrons. The number of amides is 2. The number of carbonyl (C=O) groups excluding carboxylic acids is 2. The van der Waals surface area contributed by atoms with Crippen LogP contribution in [-0.4, -0.2) is 77.5 Å². The minimum atomic E-state index is -5.00. The molecule has 2 aromatic carbocycles. The summed E-state index contributed by atoms with van der Waals surface area (Å²) in [5, 5.41) is 9.16. The van der Waals surface area contributed by atoms with Crippen LogP contribution in [0.2, 0.25) is 0 Å². The van der Waals surface area contributed by atoms with Crippen molar-refractivity contribution in [3.63, 3.8) is 0 Å². The number of benzene rings is 2. The van der Waals surface area contributed by atoms with Crippen molar-refractivity contribution >= 4 is 11.8 Å². The smallest absolute Gasteiger partial charge is 0.387 e. The molecule has 6 nitrogen and oxygen atoms in total. The predicted molar refractivity (Wildman–Crippen MR) is 143 cm³/mol. The second-order valence-electron chi connectivity index (χ2n) is 11.4. The summed E-state index contributed by atoms with van der Waals surface area (Å²) < 4.78 is 94.3. The molecule has 2 fully saturated rings. The molecular weight excluding hydrogens is 583 g/mol. The van der Waals surface area contributed by atoms with Crippen LogP contribution in [0.3, 0.4) is 0 Å². The summed E-state index contributed by atoms with van der Waals surface area (Å²) >= 11 is 0. The maximum Gasteiger partial charge on any atom is 0.416 e. The number of halogens is 7. The van der Waals surface area contributed by atoms with Gasteiger partial charge in [0, 0.05) is 51.1 Å². The van der Waals surface area contributed by atoms with Gasteiger partial charge in [0.15, 0.2) is 0 Å². The van der Waals surface area contributed by atoms with Crippen molar-refractivity contribution in [2.24, 2.45) is 5.92 Å².